The van der Waals surface area contributed by atoms with Gasteiger partial charge in [0.1, 0.15) is 0 Å². The first kappa shape index (κ1) is 11.2. The molecule has 0 fully saturated rings. The Balaban J connectivity index is 2.43. The van der Waals surface area contributed by atoms with Crippen molar-refractivity contribution in [2.75, 3.05) is 6.61 Å². The van der Waals surface area contributed by atoms with Gasteiger partial charge in [-0.1, -0.05) is 13.8 Å². The van der Waals surface area contributed by atoms with Crippen molar-refractivity contribution in [3.05, 3.63) is 18.2 Å². The highest BCUT2D eigenvalue weighted by molar-refractivity contribution is 4.97. The summed E-state index contributed by atoms with van der Waals surface area (Å²) in [6.07, 6.45) is 3.61. The predicted molar refractivity (Wildman–Crippen MR) is 55.8 cm³/mol. The molecule has 4 nitrogen and oxygen atoms in total. The molecule has 4 heteroatoms. The van der Waals surface area contributed by atoms with Crippen LogP contribution < -0.4 is 5.32 Å². The van der Waals surface area contributed by atoms with Crippen LogP contribution in [0, 0.1) is 5.92 Å². The topological polar surface area (TPSA) is 50.1 Å². The van der Waals surface area contributed by atoms with Crippen LogP contribution in [0.4, 0.5) is 0 Å². The molecule has 0 aliphatic rings. The fourth-order valence-electron chi connectivity index (χ4n) is 1.30. The van der Waals surface area contributed by atoms with Crippen LogP contribution in [0.2, 0.25) is 0 Å². The molecule has 0 radical (unpaired) electrons. The van der Waals surface area contributed by atoms with Crippen molar-refractivity contribution in [1.82, 2.24) is 14.9 Å². The summed E-state index contributed by atoms with van der Waals surface area (Å²) >= 11 is 0. The first-order valence-corrected chi connectivity index (χ1v) is 4.94. The van der Waals surface area contributed by atoms with Crippen molar-refractivity contribution in [3.63, 3.8) is 0 Å². The minimum atomic E-state index is 0.157. The SMILES string of the molecule is CC(C)C(CO)NCc1cncn1C. The summed E-state index contributed by atoms with van der Waals surface area (Å²) in [6.45, 7) is 5.11. The predicted octanol–water partition coefficient (Wildman–Crippen LogP) is 0.527. The zero-order valence-corrected chi connectivity index (χ0v) is 9.07. The van der Waals surface area contributed by atoms with Crippen molar-refractivity contribution in [3.8, 4) is 0 Å². The van der Waals surface area contributed by atoms with Gasteiger partial charge in [-0.2, -0.15) is 0 Å². The number of aryl methyl sites for hydroxylation is 1. The molecule has 1 aromatic heterocycles. The summed E-state index contributed by atoms with van der Waals surface area (Å²) in [6, 6.07) is 0.157. The molecule has 1 atom stereocenters. The molecule has 1 rings (SSSR count). The van der Waals surface area contributed by atoms with Gasteiger partial charge in [-0.25, -0.2) is 4.98 Å². The lowest BCUT2D eigenvalue weighted by Gasteiger charge is -2.19. The average Bonchev–Trinajstić information content (AvgIpc) is 2.52. The van der Waals surface area contributed by atoms with Gasteiger partial charge < -0.3 is 15.0 Å². The Morgan fingerprint density at radius 2 is 2.29 bits per heavy atom. The Bertz CT molecular complexity index is 270. The Hall–Kier alpha value is -0.870. The van der Waals surface area contributed by atoms with Crippen molar-refractivity contribution >= 4 is 0 Å². The first-order chi connectivity index (χ1) is 6.65. The van der Waals surface area contributed by atoms with Crippen LogP contribution in [0.3, 0.4) is 0 Å². The smallest absolute Gasteiger partial charge is 0.0945 e. The standard InChI is InChI=1S/C10H19N3O/c1-8(2)10(6-14)12-5-9-4-11-7-13(9)3/h4,7-8,10,12,14H,5-6H2,1-3H3. The van der Waals surface area contributed by atoms with Crippen molar-refractivity contribution < 1.29 is 5.11 Å². The molecular weight excluding hydrogens is 178 g/mol. The third kappa shape index (κ3) is 2.82. The Morgan fingerprint density at radius 1 is 1.57 bits per heavy atom. The maximum atomic E-state index is 9.11. The van der Waals surface area contributed by atoms with Crippen LogP contribution in [-0.2, 0) is 13.6 Å². The van der Waals surface area contributed by atoms with Gasteiger partial charge in [0.05, 0.1) is 18.6 Å². The van der Waals surface area contributed by atoms with E-state index >= 15 is 0 Å². The molecule has 0 spiro atoms. The monoisotopic (exact) mass is 197 g/mol. The van der Waals surface area contributed by atoms with Crippen LogP contribution in [0.1, 0.15) is 19.5 Å². The maximum absolute atomic E-state index is 9.11. The number of aliphatic hydroxyl groups is 1. The molecular formula is C10H19N3O. The van der Waals surface area contributed by atoms with Gasteiger partial charge in [0.2, 0.25) is 0 Å². The molecule has 0 aliphatic heterocycles. The summed E-state index contributed by atoms with van der Waals surface area (Å²) in [5.74, 6) is 0.438. The fraction of sp³-hybridized carbons (Fsp3) is 0.700. The molecule has 0 aliphatic carbocycles. The van der Waals surface area contributed by atoms with E-state index in [4.69, 9.17) is 5.11 Å². The molecule has 0 bridgehead atoms. The van der Waals surface area contributed by atoms with Crippen molar-refractivity contribution in [1.29, 1.82) is 0 Å². The van der Waals surface area contributed by atoms with Crippen LogP contribution in [0.25, 0.3) is 0 Å². The molecule has 0 amide bonds. The number of aromatic nitrogens is 2. The molecule has 1 aromatic rings. The van der Waals surface area contributed by atoms with E-state index in [2.05, 4.69) is 24.1 Å². The largest absolute Gasteiger partial charge is 0.395 e. The van der Waals surface area contributed by atoms with E-state index < -0.39 is 0 Å². The highest BCUT2D eigenvalue weighted by Crippen LogP contribution is 2.02. The van der Waals surface area contributed by atoms with Gasteiger partial charge in [0, 0.05) is 25.8 Å². The maximum Gasteiger partial charge on any atom is 0.0945 e. The first-order valence-electron chi connectivity index (χ1n) is 4.94. The Morgan fingerprint density at radius 3 is 2.71 bits per heavy atom. The fourth-order valence-corrected chi connectivity index (χ4v) is 1.30. The number of imidazole rings is 1. The van der Waals surface area contributed by atoms with E-state index in [1.165, 1.54) is 0 Å². The lowest BCUT2D eigenvalue weighted by Crippen LogP contribution is -2.36. The normalized spacial score (nSPS) is 13.5. The van der Waals surface area contributed by atoms with Crippen molar-refractivity contribution in [2.45, 2.75) is 26.4 Å². The van der Waals surface area contributed by atoms with Gasteiger partial charge in [-0.15, -0.1) is 0 Å². The molecule has 14 heavy (non-hydrogen) atoms. The molecule has 80 valence electrons. The zero-order valence-electron chi connectivity index (χ0n) is 9.07. The van der Waals surface area contributed by atoms with Crippen LogP contribution >= 0.6 is 0 Å². The number of nitrogens with one attached hydrogen (secondary N) is 1. The average molecular weight is 197 g/mol. The quantitative estimate of drug-likeness (QED) is 0.724. The number of hydrogen-bond donors (Lipinski definition) is 2. The molecule has 2 N–H and O–H groups in total. The molecule has 1 heterocycles. The summed E-state index contributed by atoms with van der Waals surface area (Å²) in [5, 5.41) is 12.4. The molecule has 0 saturated heterocycles. The van der Waals surface area contributed by atoms with Gasteiger partial charge in [-0.3, -0.25) is 0 Å². The highest BCUT2D eigenvalue weighted by Gasteiger charge is 2.11. The second-order valence-corrected chi connectivity index (χ2v) is 3.91. The number of hydrogen-bond acceptors (Lipinski definition) is 3. The van der Waals surface area contributed by atoms with E-state index in [9.17, 15) is 0 Å². The lowest BCUT2D eigenvalue weighted by atomic mass is 10.1. The van der Waals surface area contributed by atoms with Gasteiger partial charge in [0.25, 0.3) is 0 Å². The Kier molecular flexibility index (Phi) is 4.10. The van der Waals surface area contributed by atoms with Gasteiger partial charge in [0.15, 0.2) is 0 Å². The van der Waals surface area contributed by atoms with Crippen LogP contribution in [0.5, 0.6) is 0 Å². The number of aliphatic hydroxyl groups excluding tert-OH is 1. The summed E-state index contributed by atoms with van der Waals surface area (Å²) < 4.78 is 1.97. The third-order valence-electron chi connectivity index (χ3n) is 2.46. The van der Waals surface area contributed by atoms with Crippen LogP contribution in [-0.4, -0.2) is 27.3 Å². The Labute approximate surface area is 85.0 Å². The van der Waals surface area contributed by atoms with E-state index in [0.717, 1.165) is 12.2 Å². The molecule has 0 aromatic carbocycles. The summed E-state index contributed by atoms with van der Waals surface area (Å²) in [5.41, 5.74) is 1.13. The van der Waals surface area contributed by atoms with Gasteiger partial charge >= 0.3 is 0 Å². The van der Waals surface area contributed by atoms with E-state index in [0.29, 0.717) is 5.92 Å². The zero-order chi connectivity index (χ0) is 10.6. The number of rotatable bonds is 5. The second kappa shape index (κ2) is 5.12. The minimum absolute atomic E-state index is 0.157. The summed E-state index contributed by atoms with van der Waals surface area (Å²) in [4.78, 5) is 4.03. The van der Waals surface area contributed by atoms with E-state index in [1.54, 1.807) is 6.33 Å². The number of nitrogens with zero attached hydrogens (tertiary/aromatic N) is 2. The summed E-state index contributed by atoms with van der Waals surface area (Å²) in [7, 11) is 1.97. The second-order valence-electron chi connectivity index (χ2n) is 3.91. The van der Waals surface area contributed by atoms with Crippen molar-refractivity contribution in [2.24, 2.45) is 13.0 Å². The molecule has 0 saturated carbocycles. The third-order valence-corrected chi connectivity index (χ3v) is 2.46. The van der Waals surface area contributed by atoms with E-state index in [1.807, 2.05) is 17.8 Å². The van der Waals surface area contributed by atoms with Crippen LogP contribution in [0.15, 0.2) is 12.5 Å². The highest BCUT2D eigenvalue weighted by atomic mass is 16.3. The van der Waals surface area contributed by atoms with E-state index in [-0.39, 0.29) is 12.6 Å². The minimum Gasteiger partial charge on any atom is -0.395 e. The van der Waals surface area contributed by atoms with Gasteiger partial charge in [-0.05, 0) is 5.92 Å². The lowest BCUT2D eigenvalue weighted by molar-refractivity contribution is 0.209. The molecule has 1 unspecified atom stereocenters.